The lowest BCUT2D eigenvalue weighted by molar-refractivity contribution is -0.384. The number of benzene rings is 4. The Kier molecular flexibility index (Phi) is 11.3. The molecule has 0 aliphatic carbocycles. The second kappa shape index (κ2) is 15.3. The molecule has 0 heterocycles. The molecular formula is C33H33ClN4O6S. The van der Waals surface area contributed by atoms with Gasteiger partial charge in [0, 0.05) is 36.7 Å². The Morgan fingerprint density at radius 2 is 1.51 bits per heavy atom. The first-order chi connectivity index (χ1) is 21.6. The number of nitrogens with zero attached hydrogens (tertiary/aromatic N) is 3. The second-order valence-electron chi connectivity index (χ2n) is 10.2. The Morgan fingerprint density at radius 3 is 2.11 bits per heavy atom. The van der Waals surface area contributed by atoms with E-state index in [-0.39, 0.29) is 35.1 Å². The van der Waals surface area contributed by atoms with Crippen molar-refractivity contribution < 1.29 is 22.9 Å². The Labute approximate surface area is 267 Å². The van der Waals surface area contributed by atoms with Crippen molar-refractivity contribution in [2.45, 2.75) is 37.2 Å². The molecule has 1 atom stereocenters. The van der Waals surface area contributed by atoms with Gasteiger partial charge in [0.25, 0.3) is 15.7 Å². The highest BCUT2D eigenvalue weighted by Gasteiger charge is 2.34. The number of rotatable bonds is 14. The van der Waals surface area contributed by atoms with Crippen LogP contribution in [0.1, 0.15) is 24.5 Å². The number of anilines is 1. The van der Waals surface area contributed by atoms with Crippen LogP contribution in [0, 0.1) is 10.1 Å². The summed E-state index contributed by atoms with van der Waals surface area (Å²) in [5, 5.41) is 14.6. The van der Waals surface area contributed by atoms with E-state index in [4.69, 9.17) is 11.6 Å². The first kappa shape index (κ1) is 33.2. The maximum atomic E-state index is 14.4. The lowest BCUT2D eigenvalue weighted by atomic mass is 10.0. The zero-order valence-electron chi connectivity index (χ0n) is 24.6. The minimum atomic E-state index is -4.32. The molecule has 0 bridgehead atoms. The van der Waals surface area contributed by atoms with E-state index >= 15 is 0 Å². The number of halogens is 1. The second-order valence-corrected chi connectivity index (χ2v) is 12.5. The molecule has 0 spiro atoms. The summed E-state index contributed by atoms with van der Waals surface area (Å²) in [7, 11) is -4.32. The van der Waals surface area contributed by atoms with Crippen molar-refractivity contribution in [1.82, 2.24) is 10.2 Å². The summed E-state index contributed by atoms with van der Waals surface area (Å²) < 4.78 is 28.9. The Hall–Kier alpha value is -4.74. The smallest absolute Gasteiger partial charge is 0.269 e. The summed E-state index contributed by atoms with van der Waals surface area (Å²) in [5.74, 6) is -1.04. The molecule has 4 aromatic carbocycles. The Bertz CT molecular complexity index is 1720. The van der Waals surface area contributed by atoms with Gasteiger partial charge in [0.1, 0.15) is 12.6 Å². The minimum absolute atomic E-state index is 0.0318. The average Bonchev–Trinajstić information content (AvgIpc) is 3.05. The fourth-order valence-corrected chi connectivity index (χ4v) is 6.39. The van der Waals surface area contributed by atoms with E-state index < -0.39 is 33.4 Å². The molecule has 2 amide bonds. The lowest BCUT2D eigenvalue weighted by Crippen LogP contribution is -2.53. The van der Waals surface area contributed by atoms with E-state index in [2.05, 4.69) is 5.32 Å². The van der Waals surface area contributed by atoms with Gasteiger partial charge in [0.2, 0.25) is 11.8 Å². The highest BCUT2D eigenvalue weighted by molar-refractivity contribution is 7.92. The topological polar surface area (TPSA) is 130 Å². The quantitative estimate of drug-likeness (QED) is 0.140. The number of hydrogen-bond donors (Lipinski definition) is 1. The zero-order chi connectivity index (χ0) is 32.4. The molecule has 10 nitrogen and oxygen atoms in total. The van der Waals surface area contributed by atoms with Crippen LogP contribution >= 0.6 is 11.6 Å². The van der Waals surface area contributed by atoms with Gasteiger partial charge >= 0.3 is 0 Å². The Balaban J connectivity index is 1.80. The van der Waals surface area contributed by atoms with Gasteiger partial charge in [-0.05, 0) is 53.9 Å². The van der Waals surface area contributed by atoms with Crippen LogP contribution in [0.3, 0.4) is 0 Å². The van der Waals surface area contributed by atoms with Crippen molar-refractivity contribution >= 4 is 44.8 Å². The number of nitro groups is 1. The maximum Gasteiger partial charge on any atom is 0.269 e. The monoisotopic (exact) mass is 648 g/mol. The molecule has 0 radical (unpaired) electrons. The van der Waals surface area contributed by atoms with Gasteiger partial charge in [-0.3, -0.25) is 24.0 Å². The van der Waals surface area contributed by atoms with Gasteiger partial charge in [-0.25, -0.2) is 8.42 Å². The number of sulfonamides is 1. The third-order valence-electron chi connectivity index (χ3n) is 7.02. The van der Waals surface area contributed by atoms with Crippen LogP contribution in [0.25, 0.3) is 0 Å². The van der Waals surface area contributed by atoms with E-state index in [9.17, 15) is 28.1 Å². The molecule has 234 valence electrons. The van der Waals surface area contributed by atoms with Crippen LogP contribution in [0.4, 0.5) is 11.4 Å². The van der Waals surface area contributed by atoms with Gasteiger partial charge < -0.3 is 10.2 Å². The molecule has 12 heteroatoms. The highest BCUT2D eigenvalue weighted by Crippen LogP contribution is 2.27. The first-order valence-corrected chi connectivity index (χ1v) is 16.1. The molecule has 0 saturated heterocycles. The van der Waals surface area contributed by atoms with Crippen molar-refractivity contribution in [1.29, 1.82) is 0 Å². The van der Waals surface area contributed by atoms with Crippen LogP contribution in [0.15, 0.2) is 114 Å². The van der Waals surface area contributed by atoms with Crippen LogP contribution in [0.2, 0.25) is 5.02 Å². The number of nitro benzene ring substituents is 1. The predicted molar refractivity (Wildman–Crippen MR) is 173 cm³/mol. The maximum absolute atomic E-state index is 14.4. The van der Waals surface area contributed by atoms with Gasteiger partial charge in [0.15, 0.2) is 0 Å². The molecule has 4 rings (SSSR count). The van der Waals surface area contributed by atoms with E-state index in [0.29, 0.717) is 23.6 Å². The molecular weight excluding hydrogens is 616 g/mol. The summed E-state index contributed by atoms with van der Waals surface area (Å²) >= 11 is 6.26. The predicted octanol–water partition coefficient (Wildman–Crippen LogP) is 5.61. The normalized spacial score (nSPS) is 11.8. The van der Waals surface area contributed by atoms with E-state index in [0.717, 1.165) is 9.87 Å². The van der Waals surface area contributed by atoms with Crippen LogP contribution in [-0.4, -0.2) is 49.2 Å². The number of hydrogen-bond acceptors (Lipinski definition) is 6. The van der Waals surface area contributed by atoms with E-state index in [1.165, 1.54) is 41.3 Å². The number of nitrogens with one attached hydrogen (secondary N) is 1. The lowest BCUT2D eigenvalue weighted by Gasteiger charge is -2.34. The molecule has 4 aromatic rings. The summed E-state index contributed by atoms with van der Waals surface area (Å²) in [5.41, 5.74) is 1.27. The number of carbonyl (C=O) groups excluding carboxylic acids is 2. The highest BCUT2D eigenvalue weighted by atomic mass is 35.5. The van der Waals surface area contributed by atoms with Crippen LogP contribution in [0.5, 0.6) is 0 Å². The SMILES string of the molecule is CCCNC(=O)[C@@H](Cc1ccccc1)N(Cc1cccc(Cl)c1)C(=O)CN(c1ccc([N+](=O)[O-])cc1)S(=O)(=O)c1ccccc1. The summed E-state index contributed by atoms with van der Waals surface area (Å²) in [6.07, 6.45) is 0.848. The van der Waals surface area contributed by atoms with Gasteiger partial charge in [0.05, 0.1) is 15.5 Å². The molecule has 0 aliphatic heterocycles. The standard InChI is InChI=1S/C33H33ClN4O6S/c1-2-20-35-33(40)31(22-25-10-5-3-6-11-25)36(23-26-12-9-13-27(34)21-26)32(39)24-37(28-16-18-29(19-17-28)38(41)42)45(43,44)30-14-7-4-8-15-30/h3-19,21,31H,2,20,22-24H2,1H3,(H,35,40)/t31-/m1/s1. The van der Waals surface area contributed by atoms with Gasteiger partial charge in [-0.1, -0.05) is 79.2 Å². The Morgan fingerprint density at radius 1 is 0.889 bits per heavy atom. The molecule has 0 saturated carbocycles. The van der Waals surface area contributed by atoms with Crippen molar-refractivity contribution in [2.24, 2.45) is 0 Å². The van der Waals surface area contributed by atoms with Crippen LogP contribution in [-0.2, 0) is 32.6 Å². The molecule has 45 heavy (non-hydrogen) atoms. The van der Waals surface area contributed by atoms with Crippen molar-refractivity contribution in [2.75, 3.05) is 17.4 Å². The molecule has 1 N–H and O–H groups in total. The third kappa shape index (κ3) is 8.68. The van der Waals surface area contributed by atoms with Gasteiger partial charge in [-0.2, -0.15) is 0 Å². The third-order valence-corrected chi connectivity index (χ3v) is 9.04. The molecule has 0 fully saturated rings. The number of amides is 2. The first-order valence-electron chi connectivity index (χ1n) is 14.3. The van der Waals surface area contributed by atoms with Crippen molar-refractivity contribution in [3.8, 4) is 0 Å². The fraction of sp³-hybridized carbons (Fsp3) is 0.212. The largest absolute Gasteiger partial charge is 0.354 e. The molecule has 0 aromatic heterocycles. The van der Waals surface area contributed by atoms with E-state index in [1.54, 1.807) is 42.5 Å². The van der Waals surface area contributed by atoms with E-state index in [1.807, 2.05) is 37.3 Å². The summed E-state index contributed by atoms with van der Waals surface area (Å²) in [6.45, 7) is 1.59. The van der Waals surface area contributed by atoms with Gasteiger partial charge in [-0.15, -0.1) is 0 Å². The van der Waals surface area contributed by atoms with Crippen LogP contribution < -0.4 is 9.62 Å². The number of non-ortho nitro benzene ring substituents is 1. The van der Waals surface area contributed by atoms with Crippen molar-refractivity contribution in [3.63, 3.8) is 0 Å². The fourth-order valence-electron chi connectivity index (χ4n) is 4.74. The summed E-state index contributed by atoms with van der Waals surface area (Å²) in [4.78, 5) is 40.0. The summed E-state index contributed by atoms with van der Waals surface area (Å²) in [6, 6.07) is 27.6. The zero-order valence-corrected chi connectivity index (χ0v) is 26.2. The van der Waals surface area contributed by atoms with Crippen molar-refractivity contribution in [3.05, 3.63) is 135 Å². The number of carbonyl (C=O) groups is 2. The molecule has 0 aliphatic rings. The average molecular weight is 649 g/mol. The molecule has 0 unspecified atom stereocenters. The minimum Gasteiger partial charge on any atom is -0.354 e.